The minimum atomic E-state index is -0.783. The number of aromatic hydroxyl groups is 1. The van der Waals surface area contributed by atoms with Crippen LogP contribution < -0.4 is 30.2 Å². The van der Waals surface area contributed by atoms with E-state index in [0.29, 0.717) is 34.2 Å². The van der Waals surface area contributed by atoms with Crippen LogP contribution in [0, 0.1) is 0 Å². The molecule has 0 fully saturated rings. The number of aromatic nitrogens is 1. The summed E-state index contributed by atoms with van der Waals surface area (Å²) in [6, 6.07) is 12.5. The number of phenols is 1. The van der Waals surface area contributed by atoms with Gasteiger partial charge in [-0.3, -0.25) is 9.36 Å². The standard InChI is InChI=1S/C27H26N2O8.ClH/c1-33-20-13-18-17(12-19(20)30)23(14-10-21(34-2)25(36-4)22(11-14)35-3)24(27(32)37-5)29(26(18)31)16-8-6-15(28)7-9-16;/h6-13,30H,28H2,1-5H3;1H. The number of nitrogen functional groups attached to an aromatic ring is 1. The van der Waals surface area contributed by atoms with Crippen molar-refractivity contribution in [2.45, 2.75) is 0 Å². The number of anilines is 1. The first-order valence-electron chi connectivity index (χ1n) is 11.0. The van der Waals surface area contributed by atoms with Crippen molar-refractivity contribution in [3.63, 3.8) is 0 Å². The lowest BCUT2D eigenvalue weighted by molar-refractivity contribution is 0.0591. The number of benzene rings is 3. The van der Waals surface area contributed by atoms with Gasteiger partial charge in [0.15, 0.2) is 23.0 Å². The molecule has 3 aromatic carbocycles. The fraction of sp³-hybridized carbons (Fsp3) is 0.185. The van der Waals surface area contributed by atoms with Crippen molar-refractivity contribution in [1.29, 1.82) is 0 Å². The van der Waals surface area contributed by atoms with Crippen LogP contribution in [0.5, 0.6) is 28.7 Å². The number of esters is 1. The third-order valence-electron chi connectivity index (χ3n) is 5.97. The second-order valence-corrected chi connectivity index (χ2v) is 7.93. The predicted molar refractivity (Wildman–Crippen MR) is 146 cm³/mol. The fourth-order valence-electron chi connectivity index (χ4n) is 4.25. The molecule has 0 unspecified atom stereocenters. The Morgan fingerprint density at radius 1 is 0.816 bits per heavy atom. The molecule has 0 aliphatic heterocycles. The lowest BCUT2D eigenvalue weighted by atomic mass is 9.95. The molecule has 0 bridgehead atoms. The van der Waals surface area contributed by atoms with Gasteiger partial charge in [0.25, 0.3) is 5.56 Å². The summed E-state index contributed by atoms with van der Waals surface area (Å²) < 4.78 is 28.1. The molecule has 4 aromatic rings. The topological polar surface area (TPSA) is 131 Å². The zero-order valence-corrected chi connectivity index (χ0v) is 22.2. The fourth-order valence-corrected chi connectivity index (χ4v) is 4.25. The normalized spacial score (nSPS) is 10.4. The smallest absolute Gasteiger partial charge is 0.355 e. The van der Waals surface area contributed by atoms with Crippen molar-refractivity contribution in [3.8, 4) is 45.6 Å². The Balaban J connectivity index is 0.00000400. The molecule has 0 atom stereocenters. The van der Waals surface area contributed by atoms with Gasteiger partial charge >= 0.3 is 5.97 Å². The van der Waals surface area contributed by atoms with Gasteiger partial charge in [0, 0.05) is 22.3 Å². The highest BCUT2D eigenvalue weighted by atomic mass is 35.5. The van der Waals surface area contributed by atoms with Crippen LogP contribution in [-0.2, 0) is 4.74 Å². The average molecular weight is 543 g/mol. The molecule has 0 spiro atoms. The maximum absolute atomic E-state index is 13.9. The van der Waals surface area contributed by atoms with E-state index in [0.717, 1.165) is 0 Å². The number of fused-ring (bicyclic) bond motifs is 1. The van der Waals surface area contributed by atoms with Gasteiger partial charge in [-0.15, -0.1) is 12.4 Å². The molecule has 1 heterocycles. The number of pyridine rings is 1. The van der Waals surface area contributed by atoms with E-state index in [-0.39, 0.29) is 45.9 Å². The van der Waals surface area contributed by atoms with E-state index in [1.54, 1.807) is 36.4 Å². The summed E-state index contributed by atoms with van der Waals surface area (Å²) >= 11 is 0. The molecule has 1 aromatic heterocycles. The first-order chi connectivity index (χ1) is 17.8. The molecule has 0 saturated carbocycles. The van der Waals surface area contributed by atoms with Crippen molar-refractivity contribution >= 4 is 34.8 Å². The third kappa shape index (κ3) is 4.61. The lowest BCUT2D eigenvalue weighted by Gasteiger charge is -2.21. The first-order valence-corrected chi connectivity index (χ1v) is 11.0. The Labute approximate surface area is 224 Å². The number of hydrogen-bond donors (Lipinski definition) is 2. The highest BCUT2D eigenvalue weighted by molar-refractivity contribution is 6.08. The van der Waals surface area contributed by atoms with Crippen LogP contribution in [0.15, 0.2) is 53.3 Å². The number of carbonyl (C=O) groups is 1. The van der Waals surface area contributed by atoms with E-state index in [1.807, 2.05) is 0 Å². The van der Waals surface area contributed by atoms with E-state index in [9.17, 15) is 14.7 Å². The highest BCUT2D eigenvalue weighted by Gasteiger charge is 2.28. The number of phenolic OH excluding ortho intramolecular Hbond substituents is 1. The third-order valence-corrected chi connectivity index (χ3v) is 5.97. The number of halogens is 1. The molecule has 0 aliphatic rings. The molecule has 3 N–H and O–H groups in total. The summed E-state index contributed by atoms with van der Waals surface area (Å²) in [7, 11) is 7.00. The van der Waals surface area contributed by atoms with E-state index >= 15 is 0 Å². The summed E-state index contributed by atoms with van der Waals surface area (Å²) in [6.07, 6.45) is 0. The number of rotatable bonds is 7. The molecule has 10 nitrogen and oxygen atoms in total. The van der Waals surface area contributed by atoms with Gasteiger partial charge in [-0.2, -0.15) is 0 Å². The van der Waals surface area contributed by atoms with Crippen molar-refractivity contribution < 1.29 is 33.6 Å². The molecule has 38 heavy (non-hydrogen) atoms. The van der Waals surface area contributed by atoms with Crippen LogP contribution in [-0.4, -0.2) is 51.2 Å². The number of methoxy groups -OCH3 is 5. The summed E-state index contributed by atoms with van der Waals surface area (Å²) in [4.78, 5) is 27.2. The highest BCUT2D eigenvalue weighted by Crippen LogP contribution is 2.45. The zero-order valence-electron chi connectivity index (χ0n) is 21.4. The zero-order chi connectivity index (χ0) is 26.9. The van der Waals surface area contributed by atoms with Crippen molar-refractivity contribution in [2.75, 3.05) is 41.3 Å². The van der Waals surface area contributed by atoms with Crippen LogP contribution in [0.4, 0.5) is 5.69 Å². The Morgan fingerprint density at radius 2 is 1.39 bits per heavy atom. The number of ether oxygens (including phenoxy) is 5. The summed E-state index contributed by atoms with van der Waals surface area (Å²) in [5.74, 6) is 0.0794. The minimum absolute atomic E-state index is 0. The van der Waals surface area contributed by atoms with E-state index < -0.39 is 11.5 Å². The molecule has 0 radical (unpaired) electrons. The SMILES string of the molecule is COC(=O)c1c(-c2cc(OC)c(OC)c(OC)c2)c2cc(O)c(OC)cc2c(=O)n1-c1ccc(N)cc1.Cl. The monoisotopic (exact) mass is 542 g/mol. The lowest BCUT2D eigenvalue weighted by Crippen LogP contribution is -2.27. The number of carbonyl (C=O) groups excluding carboxylic acids is 1. The van der Waals surface area contributed by atoms with E-state index in [2.05, 4.69) is 0 Å². The van der Waals surface area contributed by atoms with Crippen LogP contribution in [0.25, 0.3) is 27.6 Å². The maximum atomic E-state index is 13.9. The molecule has 0 saturated heterocycles. The number of hydrogen-bond acceptors (Lipinski definition) is 9. The van der Waals surface area contributed by atoms with Crippen molar-refractivity contribution in [3.05, 3.63) is 64.6 Å². The van der Waals surface area contributed by atoms with Gasteiger partial charge in [0.2, 0.25) is 5.75 Å². The van der Waals surface area contributed by atoms with Gasteiger partial charge < -0.3 is 34.5 Å². The molecular weight excluding hydrogens is 516 g/mol. The van der Waals surface area contributed by atoms with Crippen LogP contribution in [0.2, 0.25) is 0 Å². The maximum Gasteiger partial charge on any atom is 0.355 e. The van der Waals surface area contributed by atoms with Crippen LogP contribution in [0.1, 0.15) is 10.5 Å². The summed E-state index contributed by atoms with van der Waals surface area (Å²) in [5.41, 5.74) is 6.83. The number of nitrogens with zero attached hydrogens (tertiary/aromatic N) is 1. The molecular formula is C27H27ClN2O8. The largest absolute Gasteiger partial charge is 0.504 e. The van der Waals surface area contributed by atoms with Gasteiger partial charge in [-0.05, 0) is 54.1 Å². The molecule has 0 aliphatic carbocycles. The Bertz CT molecular complexity index is 1540. The average Bonchev–Trinajstić information content (AvgIpc) is 2.91. The van der Waals surface area contributed by atoms with Gasteiger partial charge in [0.1, 0.15) is 5.69 Å². The molecule has 11 heteroatoms. The number of nitrogens with two attached hydrogens (primary N) is 1. The Kier molecular flexibility index (Phi) is 8.27. The van der Waals surface area contributed by atoms with Crippen molar-refractivity contribution in [1.82, 2.24) is 4.57 Å². The molecule has 4 rings (SSSR count). The van der Waals surface area contributed by atoms with E-state index in [4.69, 9.17) is 29.4 Å². The Hall–Kier alpha value is -4.57. The minimum Gasteiger partial charge on any atom is -0.504 e. The second-order valence-electron chi connectivity index (χ2n) is 7.93. The van der Waals surface area contributed by atoms with Crippen LogP contribution >= 0.6 is 12.4 Å². The van der Waals surface area contributed by atoms with E-state index in [1.165, 1.54) is 52.2 Å². The molecule has 0 amide bonds. The van der Waals surface area contributed by atoms with Crippen LogP contribution in [0.3, 0.4) is 0 Å². The first kappa shape index (κ1) is 28.0. The quantitative estimate of drug-likeness (QED) is 0.260. The van der Waals surface area contributed by atoms with Gasteiger partial charge in [-0.25, -0.2) is 4.79 Å². The van der Waals surface area contributed by atoms with Gasteiger partial charge in [-0.1, -0.05) is 0 Å². The summed E-state index contributed by atoms with van der Waals surface area (Å²) in [6.45, 7) is 0. The van der Waals surface area contributed by atoms with Crippen molar-refractivity contribution in [2.24, 2.45) is 0 Å². The molecule has 200 valence electrons. The summed E-state index contributed by atoms with van der Waals surface area (Å²) in [5, 5.41) is 11.1. The van der Waals surface area contributed by atoms with Gasteiger partial charge in [0.05, 0.1) is 40.9 Å². The Morgan fingerprint density at radius 3 is 1.89 bits per heavy atom. The predicted octanol–water partition coefficient (Wildman–Crippen LogP) is 4.19. The second kappa shape index (κ2) is 11.2.